The second-order valence-corrected chi connectivity index (χ2v) is 6.99. The van der Waals surface area contributed by atoms with E-state index in [1.807, 2.05) is 34.6 Å². The maximum absolute atomic E-state index is 12.1. The van der Waals surface area contributed by atoms with E-state index < -0.39 is 5.60 Å². The van der Waals surface area contributed by atoms with Crippen molar-refractivity contribution in [1.82, 2.24) is 14.9 Å². The molecule has 1 atom stereocenters. The largest absolute Gasteiger partial charge is 0.444 e. The molecule has 0 aromatic carbocycles. The molecule has 2 rings (SSSR count). The van der Waals surface area contributed by atoms with Crippen LogP contribution >= 0.6 is 11.6 Å². The number of nitrogens with zero attached hydrogens (tertiary/aromatic N) is 4. The van der Waals surface area contributed by atoms with E-state index in [4.69, 9.17) is 16.3 Å². The minimum absolute atomic E-state index is 0.0964. The topological polar surface area (TPSA) is 58.6 Å². The van der Waals surface area contributed by atoms with Crippen LogP contribution in [-0.2, 0) is 4.74 Å². The minimum atomic E-state index is -0.482. The highest BCUT2D eigenvalue weighted by Crippen LogP contribution is 2.20. The van der Waals surface area contributed by atoms with Gasteiger partial charge in [-0.25, -0.2) is 14.8 Å². The molecule has 0 radical (unpaired) electrons. The lowest BCUT2D eigenvalue weighted by Gasteiger charge is -2.40. The van der Waals surface area contributed by atoms with Crippen LogP contribution in [0.3, 0.4) is 0 Å². The summed E-state index contributed by atoms with van der Waals surface area (Å²) >= 11 is 6.01. The van der Waals surface area contributed by atoms with Crippen molar-refractivity contribution in [3.05, 3.63) is 16.9 Å². The summed E-state index contributed by atoms with van der Waals surface area (Å²) in [7, 11) is 0. The van der Waals surface area contributed by atoms with E-state index in [0.29, 0.717) is 30.7 Å². The molecule has 1 aliphatic rings. The average molecular weight is 327 g/mol. The standard InChI is InChI=1S/C15H23ClN4O2/c1-10-8-12(16)18-13(17-10)20-7-6-19(9-11(20)2)14(21)22-15(3,4)5/h8,11H,6-7,9H2,1-5H3. The van der Waals surface area contributed by atoms with E-state index >= 15 is 0 Å². The third-order valence-electron chi connectivity index (χ3n) is 3.35. The summed E-state index contributed by atoms with van der Waals surface area (Å²) in [4.78, 5) is 24.7. The summed E-state index contributed by atoms with van der Waals surface area (Å²) in [5, 5.41) is 0.435. The molecule has 0 N–H and O–H groups in total. The minimum Gasteiger partial charge on any atom is -0.444 e. The molecule has 1 aromatic heterocycles. The smallest absolute Gasteiger partial charge is 0.410 e. The van der Waals surface area contributed by atoms with E-state index in [-0.39, 0.29) is 12.1 Å². The van der Waals surface area contributed by atoms with Crippen LogP contribution in [0, 0.1) is 6.92 Å². The van der Waals surface area contributed by atoms with Crippen LogP contribution in [0.5, 0.6) is 0 Å². The Bertz CT molecular complexity index is 539. The number of rotatable bonds is 1. The fraction of sp³-hybridized carbons (Fsp3) is 0.667. The lowest BCUT2D eigenvalue weighted by atomic mass is 10.2. The van der Waals surface area contributed by atoms with E-state index in [1.165, 1.54) is 0 Å². The van der Waals surface area contributed by atoms with Crippen LogP contribution in [0.2, 0.25) is 5.15 Å². The average Bonchev–Trinajstić information content (AvgIpc) is 2.35. The van der Waals surface area contributed by atoms with Crippen LogP contribution < -0.4 is 4.90 Å². The number of anilines is 1. The molecule has 7 heteroatoms. The van der Waals surface area contributed by atoms with E-state index in [9.17, 15) is 4.79 Å². The van der Waals surface area contributed by atoms with Gasteiger partial charge >= 0.3 is 6.09 Å². The van der Waals surface area contributed by atoms with Crippen molar-refractivity contribution in [2.75, 3.05) is 24.5 Å². The number of hydrogen-bond acceptors (Lipinski definition) is 5. The first-order valence-corrected chi connectivity index (χ1v) is 7.79. The Hall–Kier alpha value is -1.56. The lowest BCUT2D eigenvalue weighted by molar-refractivity contribution is 0.0218. The number of carbonyl (C=O) groups excluding carboxylic acids is 1. The van der Waals surface area contributed by atoms with Gasteiger partial charge in [-0.1, -0.05) is 11.6 Å². The molecule has 0 spiro atoms. The number of aromatic nitrogens is 2. The summed E-state index contributed by atoms with van der Waals surface area (Å²) in [6.45, 7) is 11.3. The molecule has 0 aliphatic carbocycles. The summed E-state index contributed by atoms with van der Waals surface area (Å²) in [5.41, 5.74) is 0.349. The van der Waals surface area contributed by atoms with Crippen molar-refractivity contribution >= 4 is 23.6 Å². The van der Waals surface area contributed by atoms with Gasteiger partial charge < -0.3 is 14.5 Å². The monoisotopic (exact) mass is 326 g/mol. The maximum Gasteiger partial charge on any atom is 0.410 e. The van der Waals surface area contributed by atoms with Gasteiger partial charge in [0.05, 0.1) is 0 Å². The highest BCUT2D eigenvalue weighted by atomic mass is 35.5. The molecule has 1 aromatic rings. The van der Waals surface area contributed by atoms with Gasteiger partial charge in [-0.15, -0.1) is 0 Å². The normalized spacial score (nSPS) is 19.3. The fourth-order valence-electron chi connectivity index (χ4n) is 2.39. The second-order valence-electron chi connectivity index (χ2n) is 6.60. The third kappa shape index (κ3) is 4.22. The summed E-state index contributed by atoms with van der Waals surface area (Å²) in [6.07, 6.45) is -0.276. The van der Waals surface area contributed by atoms with Gasteiger partial charge in [0.1, 0.15) is 10.8 Å². The number of aryl methyl sites for hydroxylation is 1. The van der Waals surface area contributed by atoms with Crippen molar-refractivity contribution in [2.45, 2.75) is 46.3 Å². The number of halogens is 1. The first-order chi connectivity index (χ1) is 10.2. The lowest BCUT2D eigenvalue weighted by Crippen LogP contribution is -2.55. The molecule has 2 heterocycles. The number of amides is 1. The van der Waals surface area contributed by atoms with Gasteiger partial charge in [0, 0.05) is 31.4 Å². The van der Waals surface area contributed by atoms with Crippen LogP contribution in [0.15, 0.2) is 6.07 Å². The number of hydrogen-bond donors (Lipinski definition) is 0. The number of ether oxygens (including phenoxy) is 1. The van der Waals surface area contributed by atoms with E-state index in [0.717, 1.165) is 5.69 Å². The van der Waals surface area contributed by atoms with Crippen LogP contribution in [-0.4, -0.2) is 52.2 Å². The molecule has 0 bridgehead atoms. The molecular formula is C15H23ClN4O2. The SMILES string of the molecule is Cc1cc(Cl)nc(N2CCN(C(=O)OC(C)(C)C)CC2C)n1. The van der Waals surface area contributed by atoms with Crippen molar-refractivity contribution in [3.63, 3.8) is 0 Å². The molecule has 1 aliphatic heterocycles. The third-order valence-corrected chi connectivity index (χ3v) is 3.54. The summed E-state index contributed by atoms with van der Waals surface area (Å²) in [6, 6.07) is 1.83. The van der Waals surface area contributed by atoms with Gasteiger partial charge in [-0.3, -0.25) is 0 Å². The van der Waals surface area contributed by atoms with Crippen molar-refractivity contribution in [2.24, 2.45) is 0 Å². The van der Waals surface area contributed by atoms with E-state index in [2.05, 4.69) is 14.9 Å². The molecule has 22 heavy (non-hydrogen) atoms. The second kappa shape index (κ2) is 6.28. The molecule has 6 nitrogen and oxygen atoms in total. The van der Waals surface area contributed by atoms with Gasteiger partial charge in [-0.2, -0.15) is 0 Å². The summed E-state index contributed by atoms with van der Waals surface area (Å²) in [5.74, 6) is 0.612. The van der Waals surface area contributed by atoms with Crippen molar-refractivity contribution < 1.29 is 9.53 Å². The summed E-state index contributed by atoms with van der Waals surface area (Å²) < 4.78 is 5.42. The number of carbonyl (C=O) groups is 1. The molecule has 1 saturated heterocycles. The Morgan fingerprint density at radius 3 is 2.59 bits per heavy atom. The first kappa shape index (κ1) is 16.8. The Labute approximate surface area is 136 Å². The molecule has 1 fully saturated rings. The van der Waals surface area contributed by atoms with Gasteiger partial charge in [0.2, 0.25) is 5.95 Å². The Balaban J connectivity index is 2.05. The number of piperazine rings is 1. The first-order valence-electron chi connectivity index (χ1n) is 7.41. The highest BCUT2D eigenvalue weighted by Gasteiger charge is 2.31. The zero-order valence-corrected chi connectivity index (χ0v) is 14.5. The molecule has 0 saturated carbocycles. The van der Waals surface area contributed by atoms with Gasteiger partial charge in [-0.05, 0) is 40.7 Å². The quantitative estimate of drug-likeness (QED) is 0.743. The van der Waals surface area contributed by atoms with Gasteiger partial charge in [0.25, 0.3) is 0 Å². The van der Waals surface area contributed by atoms with Crippen LogP contribution in [0.1, 0.15) is 33.4 Å². The predicted octanol–water partition coefficient (Wildman–Crippen LogP) is 2.88. The molecule has 1 unspecified atom stereocenters. The molecule has 1 amide bonds. The Morgan fingerprint density at radius 1 is 1.36 bits per heavy atom. The molecular weight excluding hydrogens is 304 g/mol. The van der Waals surface area contributed by atoms with Crippen molar-refractivity contribution in [1.29, 1.82) is 0 Å². The zero-order valence-electron chi connectivity index (χ0n) is 13.8. The fourth-order valence-corrected chi connectivity index (χ4v) is 2.62. The van der Waals surface area contributed by atoms with Crippen LogP contribution in [0.4, 0.5) is 10.7 Å². The highest BCUT2D eigenvalue weighted by molar-refractivity contribution is 6.29. The van der Waals surface area contributed by atoms with E-state index in [1.54, 1.807) is 11.0 Å². The van der Waals surface area contributed by atoms with Crippen LogP contribution in [0.25, 0.3) is 0 Å². The molecule has 122 valence electrons. The maximum atomic E-state index is 12.1. The zero-order chi connectivity index (χ0) is 16.5. The Kier molecular flexibility index (Phi) is 4.80. The Morgan fingerprint density at radius 2 is 2.05 bits per heavy atom. The predicted molar refractivity (Wildman–Crippen MR) is 86.4 cm³/mol. The van der Waals surface area contributed by atoms with Crippen molar-refractivity contribution in [3.8, 4) is 0 Å². The van der Waals surface area contributed by atoms with Gasteiger partial charge in [0.15, 0.2) is 0 Å².